The van der Waals surface area contributed by atoms with E-state index in [1.807, 2.05) is 44.2 Å². The van der Waals surface area contributed by atoms with E-state index >= 15 is 0 Å². The molecule has 0 spiro atoms. The molecule has 0 aliphatic heterocycles. The van der Waals surface area contributed by atoms with E-state index in [1.54, 1.807) is 24.3 Å². The molecule has 0 heterocycles. The van der Waals surface area contributed by atoms with Crippen molar-refractivity contribution in [2.75, 3.05) is 13.4 Å². The fourth-order valence-corrected chi connectivity index (χ4v) is 8.20. The van der Waals surface area contributed by atoms with E-state index in [2.05, 4.69) is 74.7 Å². The lowest BCUT2D eigenvalue weighted by molar-refractivity contribution is -0.0989. The maximum Gasteiger partial charge on any atom is 0.297 e. The first-order valence-corrected chi connectivity index (χ1v) is 24.3. The smallest absolute Gasteiger partial charge is 0.297 e. The van der Waals surface area contributed by atoms with Gasteiger partial charge in [0.25, 0.3) is 10.1 Å². The van der Waals surface area contributed by atoms with Crippen LogP contribution < -0.4 is 0 Å². The van der Waals surface area contributed by atoms with Gasteiger partial charge in [0.2, 0.25) is 0 Å². The molecule has 0 fully saturated rings. The Morgan fingerprint density at radius 1 is 0.787 bits per heavy atom. The fraction of sp³-hybridized carbons (Fsp3) is 0.676. The van der Waals surface area contributed by atoms with E-state index in [0.29, 0.717) is 32.5 Å². The van der Waals surface area contributed by atoms with Crippen LogP contribution in [0.3, 0.4) is 0 Å². The predicted molar refractivity (Wildman–Crippen MR) is 198 cm³/mol. The number of aryl methyl sites for hydroxylation is 1. The van der Waals surface area contributed by atoms with Gasteiger partial charge in [0.1, 0.15) is 6.79 Å². The summed E-state index contributed by atoms with van der Waals surface area (Å²) in [6.07, 6.45) is 0.515. The Labute approximate surface area is 289 Å². The van der Waals surface area contributed by atoms with Gasteiger partial charge in [0, 0.05) is 25.0 Å². The van der Waals surface area contributed by atoms with Crippen LogP contribution in [0.15, 0.2) is 59.5 Å². The summed E-state index contributed by atoms with van der Waals surface area (Å²) in [6, 6.07) is 16.7. The summed E-state index contributed by atoms with van der Waals surface area (Å²) in [5.74, 6) is 0.118. The predicted octanol–water partition coefficient (Wildman–Crippen LogP) is 9.87. The quantitative estimate of drug-likeness (QED) is 0.0622. The molecule has 7 nitrogen and oxygen atoms in total. The summed E-state index contributed by atoms with van der Waals surface area (Å²) in [7, 11) is -8.10. The van der Waals surface area contributed by atoms with Gasteiger partial charge in [0.15, 0.2) is 16.6 Å². The maximum absolute atomic E-state index is 13.5. The van der Waals surface area contributed by atoms with Gasteiger partial charge in [-0.3, -0.25) is 4.18 Å². The van der Waals surface area contributed by atoms with Crippen molar-refractivity contribution in [2.24, 2.45) is 5.92 Å². The van der Waals surface area contributed by atoms with Crippen molar-refractivity contribution in [3.63, 3.8) is 0 Å². The Balaban J connectivity index is 2.24. The third kappa shape index (κ3) is 13.8. The van der Waals surface area contributed by atoms with Crippen LogP contribution >= 0.6 is 0 Å². The van der Waals surface area contributed by atoms with E-state index in [-0.39, 0.29) is 39.9 Å². The Morgan fingerprint density at radius 3 is 1.91 bits per heavy atom. The Morgan fingerprint density at radius 2 is 1.36 bits per heavy atom. The highest BCUT2D eigenvalue weighted by Gasteiger charge is 2.42. The van der Waals surface area contributed by atoms with Gasteiger partial charge in [-0.05, 0) is 80.6 Å². The standard InChI is InChI=1S/C37H64O7SSi2/c1-29-19-22-34(23-20-29)45(38,39)43-33(25-31(3)41-28-40-27-32-17-15-14-16-18-32)21-24-35(44-47(12,13)37(7,8)9)30(2)26-42-46(10,11)36(4,5)6/h14-20,22-23,30-31,33,35H,21,24-28H2,1-13H3/t30-,31-,33+,35+/m0/s1. The Hall–Kier alpha value is -1.38. The molecule has 10 heteroatoms. The van der Waals surface area contributed by atoms with E-state index in [0.717, 1.165) is 11.1 Å². The molecular weight excluding hydrogens is 645 g/mol. The largest absolute Gasteiger partial charge is 0.416 e. The minimum Gasteiger partial charge on any atom is -0.416 e. The zero-order valence-corrected chi connectivity index (χ0v) is 34.3. The van der Waals surface area contributed by atoms with Gasteiger partial charge in [-0.15, -0.1) is 0 Å². The van der Waals surface area contributed by atoms with Crippen molar-refractivity contribution in [1.82, 2.24) is 0 Å². The zero-order chi connectivity index (χ0) is 35.7. The van der Waals surface area contributed by atoms with E-state index in [1.165, 1.54) is 0 Å². The molecule has 0 radical (unpaired) electrons. The van der Waals surface area contributed by atoms with Crippen molar-refractivity contribution in [3.8, 4) is 0 Å². The fourth-order valence-electron chi connectivity index (χ4n) is 4.51. The average Bonchev–Trinajstić information content (AvgIpc) is 2.95. The first-order chi connectivity index (χ1) is 21.5. The monoisotopic (exact) mass is 708 g/mol. The van der Waals surface area contributed by atoms with E-state index in [9.17, 15) is 8.42 Å². The molecule has 2 aromatic rings. The minimum absolute atomic E-state index is 0.0258. The lowest BCUT2D eigenvalue weighted by atomic mass is 9.98. The summed E-state index contributed by atoms with van der Waals surface area (Å²) in [5, 5.41) is 0.130. The van der Waals surface area contributed by atoms with Gasteiger partial charge >= 0.3 is 0 Å². The van der Waals surface area contributed by atoms with Gasteiger partial charge in [-0.2, -0.15) is 8.42 Å². The molecule has 0 saturated carbocycles. The first-order valence-electron chi connectivity index (χ1n) is 17.1. The molecule has 0 bridgehead atoms. The molecule has 0 saturated heterocycles. The van der Waals surface area contributed by atoms with Crippen LogP contribution in [0, 0.1) is 12.8 Å². The second-order valence-corrected chi connectivity index (χ2v) is 27.3. The first kappa shape index (κ1) is 41.8. The second-order valence-electron chi connectivity index (χ2n) is 16.2. The van der Waals surface area contributed by atoms with E-state index in [4.69, 9.17) is 22.5 Å². The maximum atomic E-state index is 13.5. The topological polar surface area (TPSA) is 80.3 Å². The molecule has 2 rings (SSSR count). The normalized spacial score (nSPS) is 16.1. The molecule has 268 valence electrons. The highest BCUT2D eigenvalue weighted by Crippen LogP contribution is 2.40. The molecule has 0 aliphatic carbocycles. The number of benzene rings is 2. The molecule has 0 aromatic heterocycles. The van der Waals surface area contributed by atoms with Crippen LogP contribution in [0.1, 0.15) is 85.8 Å². The molecule has 0 unspecified atom stereocenters. The summed E-state index contributed by atoms with van der Waals surface area (Å²) >= 11 is 0. The highest BCUT2D eigenvalue weighted by atomic mass is 32.2. The summed E-state index contributed by atoms with van der Waals surface area (Å²) < 4.78 is 58.3. The number of hydrogen-bond acceptors (Lipinski definition) is 7. The summed E-state index contributed by atoms with van der Waals surface area (Å²) in [4.78, 5) is 0.151. The molecular formula is C37H64O7SSi2. The molecule has 0 aliphatic rings. The van der Waals surface area contributed by atoms with Crippen molar-refractivity contribution >= 4 is 26.8 Å². The summed E-state index contributed by atoms with van der Waals surface area (Å²) in [5.41, 5.74) is 2.05. The Bertz CT molecular complexity index is 1300. The van der Waals surface area contributed by atoms with Gasteiger partial charge in [-0.25, -0.2) is 0 Å². The van der Waals surface area contributed by atoms with Crippen molar-refractivity contribution < 1.29 is 30.9 Å². The van der Waals surface area contributed by atoms with E-state index < -0.39 is 32.9 Å². The minimum atomic E-state index is -3.99. The average molecular weight is 709 g/mol. The van der Waals surface area contributed by atoms with Crippen molar-refractivity contribution in [3.05, 3.63) is 65.7 Å². The lowest BCUT2D eigenvalue weighted by Crippen LogP contribution is -2.47. The van der Waals surface area contributed by atoms with Crippen molar-refractivity contribution in [1.29, 1.82) is 0 Å². The zero-order valence-electron chi connectivity index (χ0n) is 31.5. The third-order valence-electron chi connectivity index (χ3n) is 9.89. The summed E-state index contributed by atoms with van der Waals surface area (Å²) in [6.45, 7) is 29.7. The van der Waals surface area contributed by atoms with Crippen LogP contribution in [0.4, 0.5) is 0 Å². The number of ether oxygens (including phenoxy) is 2. The molecule has 4 atom stereocenters. The van der Waals surface area contributed by atoms with Gasteiger partial charge in [-0.1, -0.05) is 96.5 Å². The van der Waals surface area contributed by atoms with Gasteiger partial charge in [0.05, 0.1) is 23.7 Å². The van der Waals surface area contributed by atoms with Crippen LogP contribution in [-0.2, 0) is 39.2 Å². The van der Waals surface area contributed by atoms with Crippen LogP contribution in [0.2, 0.25) is 36.3 Å². The van der Waals surface area contributed by atoms with Crippen LogP contribution in [0.5, 0.6) is 0 Å². The molecule has 0 N–H and O–H groups in total. The van der Waals surface area contributed by atoms with Crippen LogP contribution in [0.25, 0.3) is 0 Å². The van der Waals surface area contributed by atoms with Gasteiger partial charge < -0.3 is 18.3 Å². The highest BCUT2D eigenvalue weighted by molar-refractivity contribution is 7.86. The molecule has 2 aromatic carbocycles. The SMILES string of the molecule is Cc1ccc(S(=O)(=O)O[C@H](CC[C@@H](O[Si](C)(C)C(C)(C)C)[C@@H](C)CO[Si](C)(C)C(C)(C)C)C[C@H](C)OCOCc2ccccc2)cc1. The second kappa shape index (κ2) is 17.5. The number of hydrogen-bond donors (Lipinski definition) is 0. The number of rotatable bonds is 19. The Kier molecular flexibility index (Phi) is 15.6. The lowest BCUT2D eigenvalue weighted by Gasteiger charge is -2.42. The van der Waals surface area contributed by atoms with Crippen LogP contribution in [-0.4, -0.2) is 56.8 Å². The molecule has 0 amide bonds. The third-order valence-corrected chi connectivity index (χ3v) is 20.3. The van der Waals surface area contributed by atoms with Crippen molar-refractivity contribution in [2.45, 2.75) is 148 Å². The molecule has 47 heavy (non-hydrogen) atoms.